The van der Waals surface area contributed by atoms with Crippen LogP contribution in [0.25, 0.3) is 12.3 Å². The molecule has 0 bridgehead atoms. The Labute approximate surface area is 96.2 Å². The van der Waals surface area contributed by atoms with Gasteiger partial charge in [-0.2, -0.15) is 4.57 Å². The van der Waals surface area contributed by atoms with Crippen molar-refractivity contribution in [1.82, 2.24) is 4.98 Å². The Hall–Kier alpha value is -2.22. The average molecular weight is 211 g/mol. The number of hydrogen-bond acceptors (Lipinski definition) is 1. The summed E-state index contributed by atoms with van der Waals surface area (Å²) in [7, 11) is 0. The topological polar surface area (TPSA) is 16.8 Å². The molecule has 0 aliphatic heterocycles. The van der Waals surface area contributed by atoms with Crippen molar-refractivity contribution in [3.8, 4) is 0 Å². The quantitative estimate of drug-likeness (QED) is 0.698. The van der Waals surface area contributed by atoms with Crippen molar-refractivity contribution in [1.29, 1.82) is 0 Å². The maximum absolute atomic E-state index is 3.98. The molecule has 0 atom stereocenters. The van der Waals surface area contributed by atoms with Crippen molar-refractivity contribution in [3.63, 3.8) is 0 Å². The maximum Gasteiger partial charge on any atom is 0.174 e. The highest BCUT2D eigenvalue weighted by Crippen LogP contribution is 1.91. The summed E-state index contributed by atoms with van der Waals surface area (Å²) in [5.41, 5.74) is 0.924. The smallest absolute Gasteiger partial charge is 0.174 e. The molecule has 2 heteroatoms. The van der Waals surface area contributed by atoms with Gasteiger partial charge in [-0.15, -0.1) is 0 Å². The summed E-state index contributed by atoms with van der Waals surface area (Å²) in [4.78, 5) is 3.98. The van der Waals surface area contributed by atoms with Crippen LogP contribution >= 0.6 is 0 Å². The normalized spacial score (nSPS) is 8.50. The van der Waals surface area contributed by atoms with E-state index in [0.29, 0.717) is 0 Å². The monoisotopic (exact) mass is 211 g/mol. The van der Waals surface area contributed by atoms with Crippen LogP contribution in [-0.4, -0.2) is 4.98 Å². The van der Waals surface area contributed by atoms with Crippen molar-refractivity contribution >= 4 is 12.3 Å². The van der Waals surface area contributed by atoms with Crippen molar-refractivity contribution in [2.45, 2.75) is 0 Å². The van der Waals surface area contributed by atoms with Gasteiger partial charge in [0.2, 0.25) is 0 Å². The fraction of sp³-hybridized carbons (Fsp3) is 0. The number of hydrogen-bond donors (Lipinski definition) is 0. The van der Waals surface area contributed by atoms with Gasteiger partial charge in [0.1, 0.15) is 0 Å². The van der Waals surface area contributed by atoms with Crippen LogP contribution in [0, 0.1) is 0 Å². The zero-order valence-electron chi connectivity index (χ0n) is 9.16. The summed E-state index contributed by atoms with van der Waals surface area (Å²) >= 11 is 0. The van der Waals surface area contributed by atoms with Crippen LogP contribution < -0.4 is 4.57 Å². The molecule has 0 fully saturated rings. The Kier molecular flexibility index (Phi) is 5.28. The first-order valence-corrected chi connectivity index (χ1v) is 4.98. The second kappa shape index (κ2) is 7.12. The summed E-state index contributed by atoms with van der Waals surface area (Å²) in [6, 6.07) is 11.6. The SMILES string of the molecule is C=C[n+]1ccccc1.C=Cc1ccccn1. The number of rotatable bonds is 2. The van der Waals surface area contributed by atoms with Gasteiger partial charge in [0, 0.05) is 18.3 Å². The van der Waals surface area contributed by atoms with Crippen molar-refractivity contribution < 1.29 is 4.57 Å². The Morgan fingerprint density at radius 3 is 2.12 bits per heavy atom. The standard InChI is InChI=1S/C7H8N.C7H7N/c1-2-8-6-4-3-5-7-8;1-2-7-5-3-4-6-8-7/h2-7H,1H2;2-6H,1H2/q+1;. The van der Waals surface area contributed by atoms with E-state index in [4.69, 9.17) is 0 Å². The van der Waals surface area contributed by atoms with Crippen LogP contribution in [0.2, 0.25) is 0 Å². The first kappa shape index (κ1) is 11.9. The average Bonchev–Trinajstić information content (AvgIpc) is 2.41. The number of aromatic nitrogens is 2. The third-order valence-electron chi connectivity index (χ3n) is 1.85. The zero-order chi connectivity index (χ0) is 11.6. The Balaban J connectivity index is 0.000000160. The summed E-state index contributed by atoms with van der Waals surface area (Å²) in [5.74, 6) is 0. The van der Waals surface area contributed by atoms with Gasteiger partial charge in [-0.05, 0) is 24.8 Å². The largest absolute Gasteiger partial charge is 0.257 e. The number of pyridine rings is 2. The van der Waals surface area contributed by atoms with Gasteiger partial charge in [0.15, 0.2) is 18.6 Å². The van der Waals surface area contributed by atoms with Gasteiger partial charge in [-0.25, -0.2) is 0 Å². The van der Waals surface area contributed by atoms with Gasteiger partial charge in [0.05, 0.1) is 5.69 Å². The van der Waals surface area contributed by atoms with Gasteiger partial charge in [-0.1, -0.05) is 18.7 Å². The van der Waals surface area contributed by atoms with E-state index >= 15 is 0 Å². The third kappa shape index (κ3) is 4.33. The van der Waals surface area contributed by atoms with E-state index in [1.165, 1.54) is 0 Å². The molecule has 2 heterocycles. The van der Waals surface area contributed by atoms with Crippen LogP contribution in [-0.2, 0) is 0 Å². The lowest BCUT2D eigenvalue weighted by atomic mass is 10.4. The molecule has 2 rings (SSSR count). The molecule has 80 valence electrons. The maximum atomic E-state index is 3.98. The molecule has 0 aliphatic carbocycles. The molecule has 0 amide bonds. The highest BCUT2D eigenvalue weighted by Gasteiger charge is 1.83. The minimum Gasteiger partial charge on any atom is -0.257 e. The minimum atomic E-state index is 0.924. The third-order valence-corrected chi connectivity index (χ3v) is 1.85. The van der Waals surface area contributed by atoms with Crippen molar-refractivity contribution in [2.24, 2.45) is 0 Å². The molecule has 2 aromatic rings. The fourth-order valence-electron chi connectivity index (χ4n) is 1.03. The summed E-state index contributed by atoms with van der Waals surface area (Å²) < 4.78 is 1.89. The van der Waals surface area contributed by atoms with E-state index in [1.54, 1.807) is 18.5 Å². The molecule has 0 saturated heterocycles. The van der Waals surface area contributed by atoms with Crippen LogP contribution in [0.1, 0.15) is 5.69 Å². The first-order chi connectivity index (χ1) is 7.86. The van der Waals surface area contributed by atoms with Gasteiger partial charge >= 0.3 is 0 Å². The van der Waals surface area contributed by atoms with Crippen LogP contribution in [0.4, 0.5) is 0 Å². The summed E-state index contributed by atoms with van der Waals surface area (Å²) in [5, 5.41) is 0. The highest BCUT2D eigenvalue weighted by molar-refractivity contribution is 5.40. The molecule has 0 unspecified atom stereocenters. The summed E-state index contributed by atoms with van der Waals surface area (Å²) in [6.45, 7) is 7.16. The lowest BCUT2D eigenvalue weighted by Crippen LogP contribution is -2.22. The van der Waals surface area contributed by atoms with E-state index in [2.05, 4.69) is 18.1 Å². The van der Waals surface area contributed by atoms with Crippen LogP contribution in [0.5, 0.6) is 0 Å². The molecule has 2 nitrogen and oxygen atoms in total. The van der Waals surface area contributed by atoms with Crippen LogP contribution in [0.15, 0.2) is 68.1 Å². The molecule has 0 saturated carbocycles. The molecule has 0 N–H and O–H groups in total. The van der Waals surface area contributed by atoms with Crippen molar-refractivity contribution in [3.05, 3.63) is 73.8 Å². The minimum absolute atomic E-state index is 0.924. The van der Waals surface area contributed by atoms with Gasteiger partial charge in [0.25, 0.3) is 0 Å². The number of nitrogens with zero attached hydrogens (tertiary/aromatic N) is 2. The van der Waals surface area contributed by atoms with E-state index in [1.807, 2.05) is 53.4 Å². The zero-order valence-corrected chi connectivity index (χ0v) is 9.16. The molecule has 0 aromatic carbocycles. The second-order valence-corrected chi connectivity index (χ2v) is 2.96. The molecule has 0 aliphatic rings. The van der Waals surface area contributed by atoms with Crippen molar-refractivity contribution in [2.75, 3.05) is 0 Å². The van der Waals surface area contributed by atoms with E-state index < -0.39 is 0 Å². The molecule has 2 aromatic heterocycles. The molecular weight excluding hydrogens is 196 g/mol. The molecule has 0 spiro atoms. The predicted octanol–water partition coefficient (Wildman–Crippen LogP) is 2.80. The highest BCUT2D eigenvalue weighted by atomic mass is 14.9. The van der Waals surface area contributed by atoms with Crippen LogP contribution in [0.3, 0.4) is 0 Å². The Morgan fingerprint density at radius 1 is 1.00 bits per heavy atom. The molecule has 16 heavy (non-hydrogen) atoms. The Morgan fingerprint density at radius 2 is 1.75 bits per heavy atom. The molecule has 0 radical (unpaired) electrons. The van der Waals surface area contributed by atoms with Gasteiger partial charge in [-0.3, -0.25) is 4.98 Å². The van der Waals surface area contributed by atoms with E-state index in [9.17, 15) is 0 Å². The van der Waals surface area contributed by atoms with E-state index in [-0.39, 0.29) is 0 Å². The second-order valence-electron chi connectivity index (χ2n) is 2.96. The Bertz CT molecular complexity index is 378. The fourth-order valence-corrected chi connectivity index (χ4v) is 1.03. The lowest BCUT2D eigenvalue weighted by Gasteiger charge is -1.84. The van der Waals surface area contributed by atoms with Gasteiger partial charge < -0.3 is 0 Å². The summed E-state index contributed by atoms with van der Waals surface area (Å²) in [6.07, 6.45) is 9.09. The first-order valence-electron chi connectivity index (χ1n) is 4.98. The van der Waals surface area contributed by atoms with E-state index in [0.717, 1.165) is 5.69 Å². The predicted molar refractivity (Wildman–Crippen MR) is 67.4 cm³/mol. The lowest BCUT2D eigenvalue weighted by molar-refractivity contribution is -0.567. The molecular formula is C14H15N2+.